The number of hydrogen-bond donors (Lipinski definition) is 1. The Morgan fingerprint density at radius 2 is 1.90 bits per heavy atom. The number of piperidine rings is 2. The third kappa shape index (κ3) is 5.12. The lowest BCUT2D eigenvalue weighted by molar-refractivity contribution is -0.0127. The molecule has 0 unspecified atom stereocenters. The summed E-state index contributed by atoms with van der Waals surface area (Å²) in [6, 6.07) is 7.99. The zero-order chi connectivity index (χ0) is 28.8. The number of ether oxygens (including phenoxy) is 2. The van der Waals surface area contributed by atoms with Crippen molar-refractivity contribution in [2.24, 2.45) is 0 Å². The third-order valence-corrected chi connectivity index (χ3v) is 8.91. The highest BCUT2D eigenvalue weighted by Crippen LogP contribution is 2.39. The standard InChI is InChI=1S/C28H38BFN4O6/c1-27(2)28(3,4)40-29(39-27)17-10-11-19(23(14-17)38-16-37-6)20-12-13-24(32-31-20)33(5)22-15-18-8-7-9-21(25(22)30)34(18)26(35)36/h10-14,18,21-22,25H,7-9,15-16H2,1-6H3,(H,35,36)/t18-,21+,22-,25+/m1/s1. The highest BCUT2D eigenvalue weighted by atomic mass is 19.1. The molecule has 3 fully saturated rings. The largest absolute Gasteiger partial charge is 0.494 e. The van der Waals surface area contributed by atoms with E-state index in [-0.39, 0.29) is 12.8 Å². The molecule has 1 aromatic heterocycles. The fraction of sp³-hybridized carbons (Fsp3) is 0.607. The van der Waals surface area contributed by atoms with Gasteiger partial charge in [-0.05, 0) is 83.1 Å². The lowest BCUT2D eigenvalue weighted by Crippen LogP contribution is -2.64. The van der Waals surface area contributed by atoms with Crippen LogP contribution in [0, 0.1) is 0 Å². The van der Waals surface area contributed by atoms with E-state index in [0.717, 1.165) is 18.3 Å². The second-order valence-corrected chi connectivity index (χ2v) is 11.9. The van der Waals surface area contributed by atoms with Gasteiger partial charge in [0.2, 0.25) is 0 Å². The maximum atomic E-state index is 15.6. The van der Waals surface area contributed by atoms with Gasteiger partial charge in [-0.1, -0.05) is 6.07 Å². The summed E-state index contributed by atoms with van der Waals surface area (Å²) < 4.78 is 39.0. The zero-order valence-electron chi connectivity index (χ0n) is 24.0. The molecule has 216 valence electrons. The Hall–Kier alpha value is -2.96. The van der Waals surface area contributed by atoms with Crippen LogP contribution >= 0.6 is 0 Å². The number of benzene rings is 1. The molecule has 10 nitrogen and oxygen atoms in total. The van der Waals surface area contributed by atoms with Gasteiger partial charge in [0.25, 0.3) is 0 Å². The first-order chi connectivity index (χ1) is 18.9. The van der Waals surface area contributed by atoms with Crippen molar-refractivity contribution in [3.63, 3.8) is 0 Å². The minimum absolute atomic E-state index is 0.0450. The molecule has 5 rings (SSSR count). The monoisotopic (exact) mass is 556 g/mol. The molecule has 0 radical (unpaired) electrons. The van der Waals surface area contributed by atoms with Gasteiger partial charge in [-0.2, -0.15) is 0 Å². The van der Waals surface area contributed by atoms with Crippen molar-refractivity contribution in [2.75, 3.05) is 25.9 Å². The number of carboxylic acid groups (broad SMARTS) is 1. The summed E-state index contributed by atoms with van der Waals surface area (Å²) in [5.41, 5.74) is 1.16. The van der Waals surface area contributed by atoms with Gasteiger partial charge in [0.15, 0.2) is 12.6 Å². The molecule has 2 bridgehead atoms. The second-order valence-electron chi connectivity index (χ2n) is 11.9. The molecule has 3 saturated heterocycles. The molecule has 3 aliphatic heterocycles. The average molecular weight is 556 g/mol. The first kappa shape index (κ1) is 28.6. The van der Waals surface area contributed by atoms with Crippen LogP contribution in [0.3, 0.4) is 0 Å². The maximum Gasteiger partial charge on any atom is 0.494 e. The van der Waals surface area contributed by atoms with E-state index in [1.807, 2.05) is 52.0 Å². The topological polar surface area (TPSA) is 106 Å². The van der Waals surface area contributed by atoms with E-state index < -0.39 is 42.7 Å². The molecule has 12 heteroatoms. The van der Waals surface area contributed by atoms with E-state index in [1.54, 1.807) is 25.1 Å². The Morgan fingerprint density at radius 3 is 2.52 bits per heavy atom. The van der Waals surface area contributed by atoms with Gasteiger partial charge in [0.05, 0.1) is 29.0 Å². The summed E-state index contributed by atoms with van der Waals surface area (Å²) in [7, 11) is 2.79. The Kier molecular flexibility index (Phi) is 7.71. The zero-order valence-corrected chi connectivity index (χ0v) is 24.0. The van der Waals surface area contributed by atoms with E-state index in [4.69, 9.17) is 18.8 Å². The minimum atomic E-state index is -1.31. The molecule has 0 aliphatic carbocycles. The van der Waals surface area contributed by atoms with E-state index in [2.05, 4.69) is 10.2 Å². The van der Waals surface area contributed by atoms with E-state index in [9.17, 15) is 9.90 Å². The Labute approximate surface area is 234 Å². The molecular weight excluding hydrogens is 518 g/mol. The number of methoxy groups -OCH3 is 1. The molecule has 0 spiro atoms. The van der Waals surface area contributed by atoms with E-state index >= 15 is 4.39 Å². The summed E-state index contributed by atoms with van der Waals surface area (Å²) in [6.45, 7) is 8.06. The molecule has 1 amide bonds. The molecule has 3 aliphatic rings. The Balaban J connectivity index is 1.37. The highest BCUT2D eigenvalue weighted by Gasteiger charge is 2.52. The number of aromatic nitrogens is 2. The molecule has 40 heavy (non-hydrogen) atoms. The van der Waals surface area contributed by atoms with Crippen molar-refractivity contribution < 1.29 is 33.1 Å². The number of anilines is 1. The van der Waals surface area contributed by atoms with Gasteiger partial charge in [-0.3, -0.25) is 4.90 Å². The fourth-order valence-electron chi connectivity index (χ4n) is 5.94. The van der Waals surface area contributed by atoms with Gasteiger partial charge < -0.3 is 28.8 Å². The summed E-state index contributed by atoms with van der Waals surface area (Å²) >= 11 is 0. The predicted octanol–water partition coefficient (Wildman–Crippen LogP) is 3.87. The Bertz CT molecular complexity index is 1220. The number of hydrogen-bond acceptors (Lipinski definition) is 8. The van der Waals surface area contributed by atoms with Crippen LogP contribution in [-0.2, 0) is 14.0 Å². The van der Waals surface area contributed by atoms with Gasteiger partial charge in [0.1, 0.15) is 11.9 Å². The summed E-state index contributed by atoms with van der Waals surface area (Å²) in [6.07, 6.45) is 0.182. The van der Waals surface area contributed by atoms with Crippen LogP contribution in [0.4, 0.5) is 15.0 Å². The number of fused-ring (bicyclic) bond motifs is 2. The van der Waals surface area contributed by atoms with Gasteiger partial charge in [0, 0.05) is 25.8 Å². The van der Waals surface area contributed by atoms with Crippen molar-refractivity contribution in [1.29, 1.82) is 0 Å². The number of rotatable bonds is 7. The lowest BCUT2D eigenvalue weighted by Gasteiger charge is -2.51. The van der Waals surface area contributed by atoms with Gasteiger partial charge in [-0.15, -0.1) is 10.2 Å². The van der Waals surface area contributed by atoms with Gasteiger partial charge >= 0.3 is 13.2 Å². The van der Waals surface area contributed by atoms with Crippen LogP contribution < -0.4 is 15.1 Å². The van der Waals surface area contributed by atoms with Crippen molar-refractivity contribution in [3.05, 3.63) is 30.3 Å². The first-order valence-electron chi connectivity index (χ1n) is 13.8. The van der Waals surface area contributed by atoms with Crippen LogP contribution in [-0.4, -0.2) is 89.9 Å². The van der Waals surface area contributed by atoms with Crippen molar-refractivity contribution in [3.8, 4) is 17.0 Å². The number of carbonyl (C=O) groups is 1. The lowest BCUT2D eigenvalue weighted by atomic mass is 9.78. The third-order valence-electron chi connectivity index (χ3n) is 8.91. The quantitative estimate of drug-likeness (QED) is 0.402. The van der Waals surface area contributed by atoms with Crippen molar-refractivity contribution in [2.45, 2.75) is 88.9 Å². The van der Waals surface area contributed by atoms with E-state index in [1.165, 1.54) is 4.90 Å². The molecule has 0 saturated carbocycles. The molecule has 4 heterocycles. The molecule has 4 atom stereocenters. The average Bonchev–Trinajstić information content (AvgIpc) is 3.15. The highest BCUT2D eigenvalue weighted by molar-refractivity contribution is 6.62. The van der Waals surface area contributed by atoms with Crippen LogP contribution in [0.25, 0.3) is 11.3 Å². The summed E-state index contributed by atoms with van der Waals surface area (Å²) in [5, 5.41) is 18.5. The van der Waals surface area contributed by atoms with Crippen LogP contribution in [0.1, 0.15) is 53.4 Å². The summed E-state index contributed by atoms with van der Waals surface area (Å²) in [5.74, 6) is 1.06. The van der Waals surface area contributed by atoms with Crippen LogP contribution in [0.5, 0.6) is 5.75 Å². The SMILES string of the molecule is COCOc1cc(B2OC(C)(C)C(C)(C)O2)ccc1-c1ccc(N(C)[C@@H]2C[C@H]3CCC[C@@H]([C@@H]2F)N3C(=O)O)nn1. The molecule has 2 aromatic rings. The van der Waals surface area contributed by atoms with Gasteiger partial charge in [-0.25, -0.2) is 9.18 Å². The van der Waals surface area contributed by atoms with Crippen LogP contribution in [0.2, 0.25) is 0 Å². The van der Waals surface area contributed by atoms with Crippen molar-refractivity contribution in [1.82, 2.24) is 15.1 Å². The predicted molar refractivity (Wildman–Crippen MR) is 149 cm³/mol. The number of halogens is 1. The first-order valence-corrected chi connectivity index (χ1v) is 13.8. The molecular formula is C28H38BFN4O6. The fourth-order valence-corrected chi connectivity index (χ4v) is 5.94. The Morgan fingerprint density at radius 1 is 1.18 bits per heavy atom. The number of alkyl halides is 1. The smallest absolute Gasteiger partial charge is 0.467 e. The number of amides is 1. The normalized spacial score (nSPS) is 27.0. The number of nitrogens with zero attached hydrogens (tertiary/aromatic N) is 4. The minimum Gasteiger partial charge on any atom is -0.467 e. The second kappa shape index (κ2) is 10.8. The summed E-state index contributed by atoms with van der Waals surface area (Å²) in [4.78, 5) is 14.9. The maximum absolute atomic E-state index is 15.6. The van der Waals surface area contributed by atoms with Crippen molar-refractivity contribution >= 4 is 24.5 Å². The van der Waals surface area contributed by atoms with Crippen LogP contribution in [0.15, 0.2) is 30.3 Å². The molecule has 1 N–H and O–H groups in total. The molecule has 1 aromatic carbocycles. The van der Waals surface area contributed by atoms with E-state index in [0.29, 0.717) is 35.7 Å².